The van der Waals surface area contributed by atoms with E-state index in [9.17, 15) is 0 Å². The molecule has 0 bridgehead atoms. The molecule has 0 radical (unpaired) electrons. The van der Waals surface area contributed by atoms with Crippen LogP contribution in [0.3, 0.4) is 0 Å². The van der Waals surface area contributed by atoms with Crippen molar-refractivity contribution in [1.82, 2.24) is 4.98 Å². The first-order chi connectivity index (χ1) is 8.86. The lowest BCUT2D eigenvalue weighted by Crippen LogP contribution is -2.16. The Bertz CT molecular complexity index is 523. The zero-order valence-electron chi connectivity index (χ0n) is 10.6. The quantitative estimate of drug-likeness (QED) is 0.898. The van der Waals surface area contributed by atoms with Gasteiger partial charge in [-0.25, -0.2) is 4.98 Å². The molecule has 2 aromatic rings. The summed E-state index contributed by atoms with van der Waals surface area (Å²) in [6, 6.07) is 4.87. The van der Waals surface area contributed by atoms with E-state index in [0.29, 0.717) is 6.04 Å². The average Bonchev–Trinajstić information content (AvgIpc) is 2.99. The van der Waals surface area contributed by atoms with Crippen molar-refractivity contribution in [2.45, 2.75) is 37.5 Å². The van der Waals surface area contributed by atoms with E-state index < -0.39 is 0 Å². The molecule has 0 spiro atoms. The van der Waals surface area contributed by atoms with Crippen LogP contribution in [-0.4, -0.2) is 22.0 Å². The Morgan fingerprint density at radius 1 is 1.44 bits per heavy atom. The second-order valence-corrected chi connectivity index (χ2v) is 7.25. The van der Waals surface area contributed by atoms with Crippen molar-refractivity contribution < 1.29 is 0 Å². The zero-order chi connectivity index (χ0) is 12.4. The molecule has 18 heavy (non-hydrogen) atoms. The summed E-state index contributed by atoms with van der Waals surface area (Å²) in [4.78, 5) is 4.50. The first-order valence-corrected chi connectivity index (χ1v) is 8.50. The number of hydrogen-bond acceptors (Lipinski definition) is 4. The molecule has 2 heterocycles. The number of fused-ring (bicyclic) bond motifs is 1. The number of nitrogens with one attached hydrogen (secondary N) is 1. The van der Waals surface area contributed by atoms with E-state index in [2.05, 4.69) is 46.5 Å². The van der Waals surface area contributed by atoms with E-state index in [-0.39, 0.29) is 0 Å². The summed E-state index contributed by atoms with van der Waals surface area (Å²) in [6.07, 6.45) is 5.81. The standard InChI is InChI=1S/C14H18N2S2/c1-2-17-11-4-3-10(9-11)16-14-12-6-8-18-13(12)5-7-15-14/h5-8,10-11H,2-4,9H2,1H3,(H,15,16). The van der Waals surface area contributed by atoms with Crippen LogP contribution in [0.25, 0.3) is 10.1 Å². The molecular weight excluding hydrogens is 260 g/mol. The van der Waals surface area contributed by atoms with Gasteiger partial charge in [-0.1, -0.05) is 6.92 Å². The number of nitrogens with zero attached hydrogens (tertiary/aromatic N) is 1. The molecule has 1 aliphatic rings. The fourth-order valence-electron chi connectivity index (χ4n) is 2.66. The van der Waals surface area contributed by atoms with Crippen molar-refractivity contribution >= 4 is 39.0 Å². The summed E-state index contributed by atoms with van der Waals surface area (Å²) in [5, 5.41) is 7.90. The first kappa shape index (κ1) is 12.3. The van der Waals surface area contributed by atoms with Crippen LogP contribution in [0.1, 0.15) is 26.2 Å². The Labute approximate surface area is 116 Å². The lowest BCUT2D eigenvalue weighted by Gasteiger charge is -2.14. The van der Waals surface area contributed by atoms with Crippen molar-refractivity contribution in [1.29, 1.82) is 0 Å². The third-order valence-corrected chi connectivity index (χ3v) is 5.62. The monoisotopic (exact) mass is 278 g/mol. The largest absolute Gasteiger partial charge is 0.367 e. The highest BCUT2D eigenvalue weighted by Crippen LogP contribution is 2.33. The van der Waals surface area contributed by atoms with Gasteiger partial charge in [0.15, 0.2) is 0 Å². The van der Waals surface area contributed by atoms with Gasteiger partial charge in [0.25, 0.3) is 0 Å². The van der Waals surface area contributed by atoms with Crippen molar-refractivity contribution in [3.8, 4) is 0 Å². The molecule has 1 aliphatic carbocycles. The van der Waals surface area contributed by atoms with E-state index in [1.807, 2.05) is 6.20 Å². The molecule has 4 heteroatoms. The van der Waals surface area contributed by atoms with Crippen molar-refractivity contribution in [2.75, 3.05) is 11.1 Å². The predicted octanol–water partition coefficient (Wildman–Crippen LogP) is 4.38. The van der Waals surface area contributed by atoms with E-state index in [1.165, 1.54) is 35.1 Å². The van der Waals surface area contributed by atoms with Crippen LogP contribution < -0.4 is 5.32 Å². The number of hydrogen-bond donors (Lipinski definition) is 1. The molecule has 2 nitrogen and oxygen atoms in total. The third kappa shape index (κ3) is 2.50. The predicted molar refractivity (Wildman–Crippen MR) is 82.8 cm³/mol. The van der Waals surface area contributed by atoms with Gasteiger partial charge in [0.05, 0.1) is 0 Å². The van der Waals surface area contributed by atoms with Gasteiger partial charge in [-0.05, 0) is 42.5 Å². The number of thiophene rings is 1. The number of anilines is 1. The molecule has 2 unspecified atom stereocenters. The first-order valence-electron chi connectivity index (χ1n) is 6.57. The van der Waals surface area contributed by atoms with Crippen LogP contribution in [-0.2, 0) is 0 Å². The minimum absolute atomic E-state index is 0.604. The van der Waals surface area contributed by atoms with Crippen molar-refractivity contribution in [2.24, 2.45) is 0 Å². The highest BCUT2D eigenvalue weighted by atomic mass is 32.2. The van der Waals surface area contributed by atoms with Gasteiger partial charge in [-0.2, -0.15) is 11.8 Å². The van der Waals surface area contributed by atoms with Crippen molar-refractivity contribution in [3.05, 3.63) is 23.7 Å². The smallest absolute Gasteiger partial charge is 0.134 e. The third-order valence-electron chi connectivity index (χ3n) is 3.51. The number of thioether (sulfide) groups is 1. The van der Waals surface area contributed by atoms with Crippen LogP contribution in [0.5, 0.6) is 0 Å². The Hall–Kier alpha value is -0.740. The Balaban J connectivity index is 1.71. The maximum Gasteiger partial charge on any atom is 0.134 e. The molecule has 0 aliphatic heterocycles. The summed E-state index contributed by atoms with van der Waals surface area (Å²) in [6.45, 7) is 2.25. The van der Waals surface area contributed by atoms with Crippen molar-refractivity contribution in [3.63, 3.8) is 0 Å². The second kappa shape index (κ2) is 5.49. The fourth-order valence-corrected chi connectivity index (χ4v) is 4.59. The summed E-state index contributed by atoms with van der Waals surface area (Å²) in [7, 11) is 0. The van der Waals surface area contributed by atoms with Gasteiger partial charge in [0.2, 0.25) is 0 Å². The van der Waals surface area contributed by atoms with E-state index in [1.54, 1.807) is 11.3 Å². The molecule has 1 fully saturated rings. The average molecular weight is 278 g/mol. The number of rotatable bonds is 4. The molecule has 2 atom stereocenters. The van der Waals surface area contributed by atoms with Crippen LogP contribution in [0, 0.1) is 0 Å². The van der Waals surface area contributed by atoms with Gasteiger partial charge in [0.1, 0.15) is 5.82 Å². The lowest BCUT2D eigenvalue weighted by molar-refractivity contribution is 0.753. The minimum atomic E-state index is 0.604. The summed E-state index contributed by atoms with van der Waals surface area (Å²) < 4.78 is 1.32. The maximum atomic E-state index is 4.50. The Morgan fingerprint density at radius 2 is 2.39 bits per heavy atom. The fraction of sp³-hybridized carbons (Fsp3) is 0.500. The topological polar surface area (TPSA) is 24.9 Å². The molecule has 2 aromatic heterocycles. The SMILES string of the molecule is CCSC1CCC(Nc2nccc3sccc23)C1. The van der Waals surface area contributed by atoms with Gasteiger partial charge in [0, 0.05) is 27.6 Å². The van der Waals surface area contributed by atoms with Gasteiger partial charge < -0.3 is 5.32 Å². The lowest BCUT2D eigenvalue weighted by atomic mass is 10.2. The number of aromatic nitrogens is 1. The molecular formula is C14H18N2S2. The highest BCUT2D eigenvalue weighted by Gasteiger charge is 2.24. The molecule has 96 valence electrons. The summed E-state index contributed by atoms with van der Waals surface area (Å²) >= 11 is 3.88. The van der Waals surface area contributed by atoms with Gasteiger partial charge in [-0.3, -0.25) is 0 Å². The van der Waals surface area contributed by atoms with E-state index >= 15 is 0 Å². The maximum absolute atomic E-state index is 4.50. The Kier molecular flexibility index (Phi) is 3.75. The zero-order valence-corrected chi connectivity index (χ0v) is 12.2. The van der Waals surface area contributed by atoms with Crippen LogP contribution >= 0.6 is 23.1 Å². The molecule has 3 rings (SSSR count). The van der Waals surface area contributed by atoms with Crippen LogP contribution in [0.2, 0.25) is 0 Å². The minimum Gasteiger partial charge on any atom is -0.367 e. The highest BCUT2D eigenvalue weighted by molar-refractivity contribution is 7.99. The van der Waals surface area contributed by atoms with Gasteiger partial charge in [-0.15, -0.1) is 11.3 Å². The molecule has 0 amide bonds. The number of pyridine rings is 1. The van der Waals surface area contributed by atoms with E-state index in [4.69, 9.17) is 0 Å². The molecule has 0 saturated heterocycles. The second-order valence-electron chi connectivity index (χ2n) is 4.72. The van der Waals surface area contributed by atoms with Crippen LogP contribution in [0.4, 0.5) is 5.82 Å². The molecule has 1 saturated carbocycles. The Morgan fingerprint density at radius 3 is 3.28 bits per heavy atom. The molecule has 1 N–H and O–H groups in total. The van der Waals surface area contributed by atoms with Crippen LogP contribution in [0.15, 0.2) is 23.7 Å². The summed E-state index contributed by atoms with van der Waals surface area (Å²) in [5.74, 6) is 2.30. The normalized spacial score (nSPS) is 23.6. The van der Waals surface area contributed by atoms with Gasteiger partial charge >= 0.3 is 0 Å². The van der Waals surface area contributed by atoms with E-state index in [0.717, 1.165) is 11.1 Å². The summed E-state index contributed by atoms with van der Waals surface area (Å²) in [5.41, 5.74) is 0. The molecule has 0 aromatic carbocycles.